The monoisotopic (exact) mass is 1150 g/mol. The number of nitrogens with two attached hydrogens (primary N) is 3. The third-order valence-electron chi connectivity index (χ3n) is 15.1. The van der Waals surface area contributed by atoms with Crippen molar-refractivity contribution in [2.24, 2.45) is 0 Å². The zero-order valence-corrected chi connectivity index (χ0v) is 49.8. The average Bonchev–Trinajstić information content (AvgIpc) is 3.21. The number of nitrogen functional groups attached to an aromatic ring is 3. The van der Waals surface area contributed by atoms with Crippen LogP contribution in [0.15, 0.2) is 92.2 Å². The van der Waals surface area contributed by atoms with Crippen LogP contribution in [0.25, 0.3) is 33.8 Å². The molecule has 7 N–H and O–H groups in total. The third kappa shape index (κ3) is 14.1. The largest absolute Gasteiger partial charge is 0.496 e. The Morgan fingerprint density at radius 2 is 0.929 bits per heavy atom. The molecule has 0 aliphatic carbocycles. The first-order valence-corrected chi connectivity index (χ1v) is 28.4. The van der Waals surface area contributed by atoms with Gasteiger partial charge in [0.15, 0.2) is 34.7 Å². The summed E-state index contributed by atoms with van der Waals surface area (Å²) in [6, 6.07) is 12.8. The number of anilines is 4. The van der Waals surface area contributed by atoms with Crippen molar-refractivity contribution in [1.82, 2.24) is 73.9 Å². The smallest absolute Gasteiger partial charge is 0.263 e. The number of ether oxygens (including phenoxy) is 5. The summed E-state index contributed by atoms with van der Waals surface area (Å²) >= 11 is 0. The fourth-order valence-corrected chi connectivity index (χ4v) is 10.5. The van der Waals surface area contributed by atoms with Gasteiger partial charge < -0.3 is 60.9 Å². The van der Waals surface area contributed by atoms with Crippen LogP contribution in [0.3, 0.4) is 0 Å². The minimum absolute atomic E-state index is 0.234. The lowest BCUT2D eigenvalue weighted by molar-refractivity contribution is 0.183. The third-order valence-corrected chi connectivity index (χ3v) is 15.1. The normalized spacial score (nSPS) is 14.0. The standard InChI is InChI=1S/C21H26N6O2.C20H25N7O.C20H24N6O2/c1-14-8-15(9-16-12-26(2)5-4-18(14)16)19-11-23-20(22)21(25-19)29-17-10-24-27(13-17)6-7-28-3;1-4-27-12-15(9-24-27)28-20-19(21)23-10-18(25-20)13-7-14-11-26(3)6-5-16(14)17(8-13)22-2;1-4-26-12-15(9-23-26)28-20-19(21)22-10-17(24-20)13-7-14-11-25(2)6-5-16(14)18(8-13)27-3/h8-11,13H,4-7,12H2,1-3H3,(H2,22,23);7-10,12,22H,4-6,11H2,1-3H3,(H2,21,23);7-10,12H,4-6,11H2,1-3H3,(H2,21,22). The van der Waals surface area contributed by atoms with E-state index in [1.165, 1.54) is 38.9 Å². The predicted molar refractivity (Wildman–Crippen MR) is 327 cm³/mol. The number of aromatic nitrogens is 12. The van der Waals surface area contributed by atoms with Crippen LogP contribution in [0.2, 0.25) is 0 Å². The molecule has 12 rings (SSSR count). The van der Waals surface area contributed by atoms with Gasteiger partial charge in [0.25, 0.3) is 17.6 Å². The van der Waals surface area contributed by atoms with Crippen LogP contribution in [0, 0.1) is 6.92 Å². The lowest BCUT2D eigenvalue weighted by Crippen LogP contribution is -2.27. The molecule has 85 heavy (non-hydrogen) atoms. The van der Waals surface area contributed by atoms with Crippen molar-refractivity contribution in [3.8, 4) is 74.4 Å². The van der Waals surface area contributed by atoms with Crippen molar-refractivity contribution in [3.05, 3.63) is 131 Å². The Balaban J connectivity index is 0.000000142. The van der Waals surface area contributed by atoms with Gasteiger partial charge in [0.1, 0.15) is 5.75 Å². The molecule has 0 saturated carbocycles. The molecule has 0 radical (unpaired) electrons. The maximum Gasteiger partial charge on any atom is 0.263 e. The second kappa shape index (κ2) is 26.6. The first kappa shape index (κ1) is 58.9. The van der Waals surface area contributed by atoms with Crippen molar-refractivity contribution >= 4 is 23.1 Å². The summed E-state index contributed by atoms with van der Waals surface area (Å²) in [7, 11) is 11.7. The number of hydrogen-bond acceptors (Lipinski definition) is 21. The fraction of sp³-hybridized carbons (Fsp3) is 0.361. The summed E-state index contributed by atoms with van der Waals surface area (Å²) in [5.74, 6) is 4.16. The first-order chi connectivity index (χ1) is 41.2. The molecule has 0 amide bonds. The first-order valence-electron chi connectivity index (χ1n) is 28.4. The molecule has 24 nitrogen and oxygen atoms in total. The summed E-state index contributed by atoms with van der Waals surface area (Å²) < 4.78 is 33.5. The molecule has 444 valence electrons. The van der Waals surface area contributed by atoms with Gasteiger partial charge in [0.05, 0.1) is 93.1 Å². The minimum atomic E-state index is 0.234. The van der Waals surface area contributed by atoms with Crippen LogP contribution in [-0.4, -0.2) is 143 Å². The Bertz CT molecular complexity index is 3620. The molecular formula is C61H75N19O5. The number of likely N-dealkylation sites (N-methyl/N-ethyl adjacent to an activating group) is 3. The van der Waals surface area contributed by atoms with Gasteiger partial charge in [-0.25, -0.2) is 29.9 Å². The maximum atomic E-state index is 6.01. The van der Waals surface area contributed by atoms with Crippen LogP contribution in [0.4, 0.5) is 23.1 Å². The molecule has 3 aliphatic rings. The number of nitrogens with one attached hydrogen (secondary N) is 1. The van der Waals surface area contributed by atoms with Crippen molar-refractivity contribution < 1.29 is 23.7 Å². The molecule has 24 heteroatoms. The van der Waals surface area contributed by atoms with Crippen LogP contribution in [0.1, 0.15) is 52.8 Å². The molecule has 0 spiro atoms. The van der Waals surface area contributed by atoms with Crippen LogP contribution < -0.4 is 41.5 Å². The van der Waals surface area contributed by atoms with Crippen LogP contribution in [-0.2, 0) is 63.3 Å². The molecule has 9 heterocycles. The maximum absolute atomic E-state index is 6.01. The average molecular weight is 1150 g/mol. The van der Waals surface area contributed by atoms with Gasteiger partial charge in [-0.05, 0) is 137 Å². The van der Waals surface area contributed by atoms with Gasteiger partial charge in [-0.1, -0.05) is 0 Å². The van der Waals surface area contributed by atoms with Gasteiger partial charge in [-0.2, -0.15) is 15.3 Å². The van der Waals surface area contributed by atoms with Crippen molar-refractivity contribution in [3.63, 3.8) is 0 Å². The highest BCUT2D eigenvalue weighted by molar-refractivity contribution is 5.71. The summed E-state index contributed by atoms with van der Waals surface area (Å²) in [5.41, 5.74) is 33.4. The van der Waals surface area contributed by atoms with E-state index in [2.05, 4.69) is 124 Å². The molecule has 6 aromatic heterocycles. The number of fused-ring (bicyclic) bond motifs is 3. The van der Waals surface area contributed by atoms with Gasteiger partial charge in [-0.3, -0.25) is 14.0 Å². The van der Waals surface area contributed by atoms with E-state index < -0.39 is 0 Å². The van der Waals surface area contributed by atoms with E-state index in [4.69, 9.17) is 40.9 Å². The predicted octanol–water partition coefficient (Wildman–Crippen LogP) is 8.15. The molecule has 0 unspecified atom stereocenters. The SMILES string of the molecule is CCn1cc(Oc2nc(-c3cc4c(c(NC)c3)CCN(C)C4)cnc2N)cn1.CCn1cc(Oc2nc(-c3cc4c(c(OC)c3)CCN(C)C4)cnc2N)cn1.COCCn1cc(Oc2nc(-c3cc(C)c4c(c3)CN(C)CC4)cnc2N)cn1. The highest BCUT2D eigenvalue weighted by atomic mass is 16.5. The second-order valence-electron chi connectivity index (χ2n) is 21.3. The Morgan fingerprint density at radius 1 is 0.518 bits per heavy atom. The lowest BCUT2D eigenvalue weighted by Gasteiger charge is -2.27. The zero-order chi connectivity index (χ0) is 59.7. The molecule has 3 aromatic carbocycles. The molecule has 0 saturated heterocycles. The van der Waals surface area contributed by atoms with E-state index in [1.54, 1.807) is 77.8 Å². The second-order valence-corrected chi connectivity index (χ2v) is 21.3. The molecule has 9 aromatic rings. The van der Waals surface area contributed by atoms with E-state index >= 15 is 0 Å². The fourth-order valence-electron chi connectivity index (χ4n) is 10.5. The van der Waals surface area contributed by atoms with Gasteiger partial charge in [0, 0.05) is 88.9 Å². The van der Waals surface area contributed by atoms with Crippen LogP contribution in [0.5, 0.6) is 40.6 Å². The summed E-state index contributed by atoms with van der Waals surface area (Å²) in [6.45, 7) is 14.8. The minimum Gasteiger partial charge on any atom is -0.496 e. The van der Waals surface area contributed by atoms with Gasteiger partial charge in [-0.15, -0.1) is 0 Å². The summed E-state index contributed by atoms with van der Waals surface area (Å²) in [5, 5.41) is 16.0. The number of rotatable bonds is 16. The summed E-state index contributed by atoms with van der Waals surface area (Å²) in [4.78, 5) is 33.7. The number of benzene rings is 3. The molecular weight excluding hydrogens is 1080 g/mol. The van der Waals surface area contributed by atoms with E-state index in [-0.39, 0.29) is 35.1 Å². The number of aryl methyl sites for hydroxylation is 3. The summed E-state index contributed by atoms with van der Waals surface area (Å²) in [6.07, 6.45) is 18.4. The van der Waals surface area contributed by atoms with E-state index in [1.807, 2.05) is 33.2 Å². The van der Waals surface area contributed by atoms with E-state index in [9.17, 15) is 0 Å². The molecule has 0 bridgehead atoms. The Hall–Kier alpha value is -9.23. The molecule has 0 fully saturated rings. The van der Waals surface area contributed by atoms with E-state index in [0.29, 0.717) is 36.1 Å². The quantitative estimate of drug-likeness (QED) is 0.0710. The van der Waals surface area contributed by atoms with E-state index in [0.717, 1.165) is 111 Å². The van der Waals surface area contributed by atoms with Crippen molar-refractivity contribution in [1.29, 1.82) is 0 Å². The lowest BCUT2D eigenvalue weighted by atomic mass is 9.92. The van der Waals surface area contributed by atoms with Crippen molar-refractivity contribution in [2.75, 3.05) is 91.2 Å². The molecule has 0 atom stereocenters. The highest BCUT2D eigenvalue weighted by Crippen LogP contribution is 2.37. The zero-order valence-electron chi connectivity index (χ0n) is 49.8. The number of nitrogens with zero attached hydrogens (tertiary/aromatic N) is 15. The Labute approximate surface area is 494 Å². The topological polar surface area (TPSA) is 277 Å². The van der Waals surface area contributed by atoms with Gasteiger partial charge >= 0.3 is 0 Å². The Kier molecular flexibility index (Phi) is 18.4. The molecule has 3 aliphatic heterocycles. The number of methoxy groups -OCH3 is 2. The van der Waals surface area contributed by atoms with Crippen molar-refractivity contribution in [2.45, 2.75) is 79.3 Å². The number of hydrogen-bond donors (Lipinski definition) is 4. The Morgan fingerprint density at radius 3 is 1.38 bits per heavy atom. The van der Waals surface area contributed by atoms with Crippen LogP contribution >= 0.6 is 0 Å². The highest BCUT2D eigenvalue weighted by Gasteiger charge is 2.23. The van der Waals surface area contributed by atoms with Gasteiger partial charge in [0.2, 0.25) is 0 Å².